The predicted octanol–water partition coefficient (Wildman–Crippen LogP) is 22.8. The Morgan fingerprint density at radius 3 is 0.720 bits per heavy atom. The zero-order valence-corrected chi connectivity index (χ0v) is 72.6. The Kier molecular flexibility index (Phi) is 24.8. The number of aryl methyl sites for hydroxylation is 7. The molecule has 0 N–H and O–H groups in total. The number of halogens is 5. The number of carbonyl (C=O) groups excluding carboxylic acids is 1. The van der Waals surface area contributed by atoms with Gasteiger partial charge in [-0.1, -0.05) is 313 Å². The lowest BCUT2D eigenvalue weighted by atomic mass is 10.0. The highest BCUT2D eigenvalue weighted by Gasteiger charge is 2.26. The molecule has 10 aromatic carbocycles. The molecule has 10 heterocycles. The van der Waals surface area contributed by atoms with Crippen LogP contribution in [0.4, 0.5) is 0 Å². The van der Waals surface area contributed by atoms with Crippen LogP contribution >= 0.6 is 58.0 Å². The highest BCUT2D eigenvalue weighted by Crippen LogP contribution is 2.44. The van der Waals surface area contributed by atoms with Crippen LogP contribution in [0.15, 0.2) is 273 Å². The third-order valence-corrected chi connectivity index (χ3v) is 22.6. The van der Waals surface area contributed by atoms with Crippen molar-refractivity contribution >= 4 is 119 Å². The van der Waals surface area contributed by atoms with Crippen LogP contribution in [0.2, 0.25) is 25.1 Å². The highest BCUT2D eigenvalue weighted by molar-refractivity contribution is 6.41. The maximum Gasteiger partial charge on any atom is 0.182 e. The molecule has 28 heteroatoms. The molecule has 0 aliphatic carbocycles. The van der Waals surface area contributed by atoms with E-state index >= 15 is 0 Å². The average Bonchev–Trinajstić information content (AvgIpc) is 1.64. The molecule has 0 spiro atoms. The van der Waals surface area contributed by atoms with E-state index in [9.17, 15) is 4.79 Å². The number of carbonyl (C=O) groups is 1. The van der Waals surface area contributed by atoms with Crippen LogP contribution in [0.5, 0.6) is 5.75 Å². The summed E-state index contributed by atoms with van der Waals surface area (Å²) in [4.78, 5) is 11.9. The highest BCUT2D eigenvalue weighted by atomic mass is 35.5. The molecular weight excluding hydrogens is 1670 g/mol. The monoisotopic (exact) mass is 1740 g/mol. The van der Waals surface area contributed by atoms with Gasteiger partial charge in [0.05, 0.1) is 70.8 Å². The minimum absolute atomic E-state index is 0.114. The normalized spacial score (nSPS) is 11.0. The van der Waals surface area contributed by atoms with E-state index in [0.29, 0.717) is 99.4 Å². The number of ketones is 1. The minimum Gasteiger partial charge on any atom is -0.497 e. The van der Waals surface area contributed by atoms with Crippen molar-refractivity contribution in [3.05, 3.63) is 320 Å². The molecular formula is C97H74Cl5N21O2. The van der Waals surface area contributed by atoms with Crippen molar-refractivity contribution < 1.29 is 9.53 Å². The third-order valence-electron chi connectivity index (χ3n) is 20.8. The lowest BCUT2D eigenvalue weighted by Crippen LogP contribution is -1.95. The van der Waals surface area contributed by atoms with Gasteiger partial charge in [0.25, 0.3) is 0 Å². The van der Waals surface area contributed by atoms with Gasteiger partial charge in [0, 0.05) is 103 Å². The van der Waals surface area contributed by atoms with Crippen molar-refractivity contribution in [2.24, 2.45) is 35.2 Å². The minimum atomic E-state index is 0.114. The van der Waals surface area contributed by atoms with Crippen LogP contribution in [0, 0.1) is 25.2 Å². The van der Waals surface area contributed by atoms with E-state index in [2.05, 4.69) is 145 Å². The average molecular weight is 1740 g/mol. The standard InChI is InChI=1S/C21H17ClN4O.C19H12ClN5.C19H15ClN4O.2C19H15ClN4/c1-3-16(27)13-9-11-15(12-10-13)19-17-18(22)20(14-7-5-4-6-8-14)23-24-21(17)26(2)25-19;1-25-19-15(17(24-25)14-9-7-12(11-21)8-10-14)16(20)18(22-23-19)13-5-3-2-4-6-13;1-24-19-15(17(23-24)13-8-10-14(25-2)11-9-13)16(20)18(21-22-19)12-6-4-3-5-7-12;2*1-12-8-10-14(11-9-12)17-15-16(20)18(13-6-4-3-5-7-13)21-22-19(15)24(2)23-17/h4-12H,3H2,1-2H3;2-10H,1H3;3-11H,1-2H3;2*3-11H,1-2H3. The zero-order chi connectivity index (χ0) is 87.1. The Morgan fingerprint density at radius 2 is 0.504 bits per heavy atom. The molecule has 0 aliphatic heterocycles. The summed E-state index contributed by atoms with van der Waals surface area (Å²) in [5.41, 5.74) is 23.4. The summed E-state index contributed by atoms with van der Waals surface area (Å²) in [6.07, 6.45) is 0.480. The summed E-state index contributed by atoms with van der Waals surface area (Å²) in [5.74, 6) is 0.905. The van der Waals surface area contributed by atoms with Gasteiger partial charge in [-0.2, -0.15) is 30.8 Å². The molecule has 20 rings (SSSR count). The third kappa shape index (κ3) is 17.2. The van der Waals surface area contributed by atoms with Crippen LogP contribution in [0.3, 0.4) is 0 Å². The molecule has 0 bridgehead atoms. The molecule has 23 nitrogen and oxygen atoms in total. The summed E-state index contributed by atoms with van der Waals surface area (Å²) in [7, 11) is 10.8. The zero-order valence-electron chi connectivity index (χ0n) is 68.8. The van der Waals surface area contributed by atoms with Gasteiger partial charge in [0.15, 0.2) is 34.0 Å². The molecule has 0 aliphatic rings. The van der Waals surface area contributed by atoms with Crippen LogP contribution in [-0.4, -0.2) is 113 Å². The fraction of sp³-hybridized carbons (Fsp3) is 0.103. The number of hydrogen-bond donors (Lipinski definition) is 0. The van der Waals surface area contributed by atoms with E-state index in [-0.39, 0.29) is 5.78 Å². The lowest BCUT2D eigenvalue weighted by Gasteiger charge is -2.05. The van der Waals surface area contributed by atoms with Crippen molar-refractivity contribution in [3.63, 3.8) is 0 Å². The Balaban J connectivity index is 0.000000115. The lowest BCUT2D eigenvalue weighted by molar-refractivity contribution is 0.0988. The molecule has 0 amide bonds. The molecule has 0 fully saturated rings. The molecule has 10 aromatic heterocycles. The second-order valence-corrected chi connectivity index (χ2v) is 30.9. The number of nitriles is 1. The van der Waals surface area contributed by atoms with Gasteiger partial charge in [-0.15, -0.1) is 51.0 Å². The van der Waals surface area contributed by atoms with Crippen molar-refractivity contribution in [1.29, 1.82) is 5.26 Å². The van der Waals surface area contributed by atoms with E-state index in [1.807, 2.05) is 254 Å². The number of Topliss-reactive ketones (excluding diaryl/α,β-unsaturated/α-hetero) is 1. The molecule has 614 valence electrons. The van der Waals surface area contributed by atoms with Gasteiger partial charge in [0.2, 0.25) is 0 Å². The SMILES string of the molecule is CCC(=O)c1ccc(-c2nn(C)c3nnc(-c4ccccc4)c(Cl)c23)cc1.COc1ccc(-c2nn(C)c3nnc(-c4ccccc4)c(Cl)c23)cc1.Cc1ccc(-c2nn(C)c3nnc(-c4ccccc4)c(Cl)c23)cc1.Cc1ccc(-c2nn(C)c3nnc(-c4ccccc4)c(Cl)c23)cc1.Cn1nc(-c2ccc(C#N)cc2)c2c(Cl)c(-c3ccccc3)nnc21. The Morgan fingerprint density at radius 1 is 0.296 bits per heavy atom. The maximum absolute atomic E-state index is 11.9. The first kappa shape index (κ1) is 84.0. The van der Waals surface area contributed by atoms with Gasteiger partial charge < -0.3 is 4.74 Å². The molecule has 0 saturated carbocycles. The number of nitrogens with zero attached hydrogens (tertiary/aromatic N) is 21. The fourth-order valence-electron chi connectivity index (χ4n) is 14.3. The van der Waals surface area contributed by atoms with Gasteiger partial charge in [-0.25, -0.2) is 23.4 Å². The Hall–Kier alpha value is -14.6. The molecule has 20 aromatic rings. The number of aromatic nitrogens is 20. The fourth-order valence-corrected chi connectivity index (χ4v) is 15.9. The number of methoxy groups -OCH3 is 1. The number of fused-ring (bicyclic) bond motifs is 5. The first-order valence-corrected chi connectivity index (χ1v) is 41.3. The summed E-state index contributed by atoms with van der Waals surface area (Å²) in [6.45, 7) is 5.98. The number of ether oxygens (including phenoxy) is 1. The largest absolute Gasteiger partial charge is 0.497 e. The molecule has 0 saturated heterocycles. The molecule has 0 atom stereocenters. The van der Waals surface area contributed by atoms with Crippen LogP contribution in [0.1, 0.15) is 40.4 Å². The summed E-state index contributed by atoms with van der Waals surface area (Å²) < 4.78 is 13.7. The summed E-state index contributed by atoms with van der Waals surface area (Å²) in [5, 5.41) is 81.9. The van der Waals surface area contributed by atoms with Crippen LogP contribution < -0.4 is 4.74 Å². The first-order chi connectivity index (χ1) is 60.8. The quantitative estimate of drug-likeness (QED) is 0.0970. The van der Waals surface area contributed by atoms with E-state index in [1.165, 1.54) is 11.1 Å². The van der Waals surface area contributed by atoms with Crippen molar-refractivity contribution in [2.75, 3.05) is 7.11 Å². The number of hydrogen-bond acceptors (Lipinski definition) is 18. The Bertz CT molecular complexity index is 7210. The van der Waals surface area contributed by atoms with Crippen molar-refractivity contribution in [3.8, 4) is 124 Å². The summed E-state index contributed by atoms with van der Waals surface area (Å²) >= 11 is 33.6. The Labute approximate surface area is 742 Å². The van der Waals surface area contributed by atoms with Crippen LogP contribution in [0.25, 0.3) is 168 Å². The molecule has 0 radical (unpaired) electrons. The predicted molar refractivity (Wildman–Crippen MR) is 496 cm³/mol. The van der Waals surface area contributed by atoms with Gasteiger partial charge in [0.1, 0.15) is 62.7 Å². The second-order valence-electron chi connectivity index (χ2n) is 29.0. The first-order valence-electron chi connectivity index (χ1n) is 39.4. The van der Waals surface area contributed by atoms with E-state index in [4.69, 9.17) is 68.0 Å². The second kappa shape index (κ2) is 37.0. The molecule has 125 heavy (non-hydrogen) atoms. The maximum atomic E-state index is 11.9. The number of rotatable bonds is 13. The van der Waals surface area contributed by atoms with E-state index in [0.717, 1.165) is 117 Å². The van der Waals surface area contributed by atoms with Gasteiger partial charge in [-0.05, 0) is 50.2 Å². The van der Waals surface area contributed by atoms with Gasteiger partial charge >= 0.3 is 0 Å². The smallest absolute Gasteiger partial charge is 0.182 e. The number of benzene rings is 10. The molecule has 0 unspecified atom stereocenters. The van der Waals surface area contributed by atoms with Gasteiger partial charge in [-0.3, -0.25) is 4.79 Å². The summed E-state index contributed by atoms with van der Waals surface area (Å²) in [6, 6.07) is 89.8. The van der Waals surface area contributed by atoms with Crippen LogP contribution in [-0.2, 0) is 35.2 Å². The van der Waals surface area contributed by atoms with Crippen molar-refractivity contribution in [1.82, 2.24) is 99.9 Å². The topological polar surface area (TPSA) is 268 Å². The van der Waals surface area contributed by atoms with E-state index < -0.39 is 0 Å². The van der Waals surface area contributed by atoms with E-state index in [1.54, 1.807) is 42.7 Å². The van der Waals surface area contributed by atoms with Crippen molar-refractivity contribution in [2.45, 2.75) is 27.2 Å².